The zero-order chi connectivity index (χ0) is 20.5. The van der Waals surface area contributed by atoms with E-state index in [0.29, 0.717) is 29.8 Å². The summed E-state index contributed by atoms with van der Waals surface area (Å²) >= 11 is 0. The van der Waals surface area contributed by atoms with Crippen LogP contribution >= 0.6 is 0 Å². The van der Waals surface area contributed by atoms with Gasteiger partial charge in [-0.1, -0.05) is 0 Å². The number of rotatable bonds is 3. The summed E-state index contributed by atoms with van der Waals surface area (Å²) in [6.45, 7) is 6.20. The third kappa shape index (κ3) is 3.56. The molecule has 0 amide bonds. The number of piperazine rings is 1. The first-order chi connectivity index (χ1) is 14.7. The Morgan fingerprint density at radius 3 is 2.53 bits per heavy atom. The molecule has 9 heteroatoms. The number of hydrogen-bond donors (Lipinski definition) is 1. The number of aromatic nitrogens is 5. The molecule has 1 N–H and O–H groups in total. The van der Waals surface area contributed by atoms with Gasteiger partial charge < -0.3 is 15.1 Å². The Kier molecular flexibility index (Phi) is 4.96. The lowest BCUT2D eigenvalue weighted by Gasteiger charge is -2.36. The largest absolute Gasteiger partial charge is 0.354 e. The van der Waals surface area contributed by atoms with E-state index in [9.17, 15) is 4.39 Å². The Balaban J connectivity index is 1.43. The monoisotopic (exact) mass is 406 g/mol. The normalized spacial score (nSPS) is 18.9. The summed E-state index contributed by atoms with van der Waals surface area (Å²) in [7, 11) is 0. The number of nitrogens with zero attached hydrogens (tertiary/aromatic N) is 7. The average Bonchev–Trinajstić information content (AvgIpc) is 2.80. The van der Waals surface area contributed by atoms with Crippen LogP contribution in [0.5, 0.6) is 0 Å². The number of anilines is 2. The minimum atomic E-state index is -0.264. The topological polar surface area (TPSA) is 83.0 Å². The fourth-order valence-corrected chi connectivity index (χ4v) is 4.07. The first kappa shape index (κ1) is 18.8. The Bertz CT molecular complexity index is 1040. The van der Waals surface area contributed by atoms with E-state index >= 15 is 0 Å². The van der Waals surface area contributed by atoms with Gasteiger partial charge in [0.05, 0.1) is 11.7 Å². The number of fused-ring (bicyclic) bond motifs is 1. The van der Waals surface area contributed by atoms with Gasteiger partial charge in [0.15, 0.2) is 11.6 Å². The van der Waals surface area contributed by atoms with Crippen LogP contribution in [-0.2, 0) is 6.42 Å². The van der Waals surface area contributed by atoms with Gasteiger partial charge in [-0.2, -0.15) is 0 Å². The molecule has 2 aliphatic rings. The van der Waals surface area contributed by atoms with Crippen molar-refractivity contribution in [3.05, 3.63) is 53.9 Å². The van der Waals surface area contributed by atoms with Crippen molar-refractivity contribution in [2.45, 2.75) is 19.4 Å². The highest BCUT2D eigenvalue weighted by Crippen LogP contribution is 2.33. The SMILES string of the molecule is CC1c2cnc(-c3ncccn3)nc2CCN1c1cc(F)cc(N2CCNCC2)n1. The average molecular weight is 406 g/mol. The van der Waals surface area contributed by atoms with Gasteiger partial charge in [0.25, 0.3) is 0 Å². The predicted octanol–water partition coefficient (Wildman–Crippen LogP) is 2.00. The first-order valence-electron chi connectivity index (χ1n) is 10.2. The molecule has 3 aromatic heterocycles. The molecular weight excluding hydrogens is 383 g/mol. The van der Waals surface area contributed by atoms with Crippen LogP contribution < -0.4 is 15.1 Å². The fourth-order valence-electron chi connectivity index (χ4n) is 4.07. The summed E-state index contributed by atoms with van der Waals surface area (Å²) in [5.41, 5.74) is 2.01. The Morgan fingerprint density at radius 1 is 0.967 bits per heavy atom. The molecule has 0 radical (unpaired) electrons. The quantitative estimate of drug-likeness (QED) is 0.707. The van der Waals surface area contributed by atoms with Crippen molar-refractivity contribution in [2.24, 2.45) is 0 Å². The van der Waals surface area contributed by atoms with Crippen LogP contribution in [0.4, 0.5) is 16.0 Å². The Labute approximate surface area is 174 Å². The van der Waals surface area contributed by atoms with Crippen molar-refractivity contribution >= 4 is 11.6 Å². The van der Waals surface area contributed by atoms with Crippen LogP contribution in [0.2, 0.25) is 0 Å². The summed E-state index contributed by atoms with van der Waals surface area (Å²) in [6, 6.07) is 4.79. The maximum absolute atomic E-state index is 14.5. The highest BCUT2D eigenvalue weighted by atomic mass is 19.1. The number of hydrogen-bond acceptors (Lipinski definition) is 8. The molecule has 1 unspecified atom stereocenters. The van der Waals surface area contributed by atoms with Crippen LogP contribution in [0.3, 0.4) is 0 Å². The molecule has 1 saturated heterocycles. The van der Waals surface area contributed by atoms with Crippen molar-refractivity contribution in [3.8, 4) is 11.6 Å². The van der Waals surface area contributed by atoms with E-state index in [-0.39, 0.29) is 11.9 Å². The van der Waals surface area contributed by atoms with E-state index in [1.807, 2.05) is 6.20 Å². The van der Waals surface area contributed by atoms with E-state index in [1.165, 1.54) is 12.1 Å². The maximum atomic E-state index is 14.5. The van der Waals surface area contributed by atoms with Crippen LogP contribution in [0.15, 0.2) is 36.8 Å². The van der Waals surface area contributed by atoms with E-state index < -0.39 is 0 Å². The lowest BCUT2D eigenvalue weighted by atomic mass is 9.99. The van der Waals surface area contributed by atoms with Crippen molar-refractivity contribution in [1.29, 1.82) is 0 Å². The lowest BCUT2D eigenvalue weighted by Crippen LogP contribution is -2.44. The molecule has 0 aromatic carbocycles. The molecular formula is C21H23FN8. The second-order valence-corrected chi connectivity index (χ2v) is 7.53. The van der Waals surface area contributed by atoms with Gasteiger partial charge in [-0.05, 0) is 13.0 Å². The van der Waals surface area contributed by atoms with E-state index in [1.54, 1.807) is 18.5 Å². The van der Waals surface area contributed by atoms with Crippen molar-refractivity contribution < 1.29 is 4.39 Å². The van der Waals surface area contributed by atoms with Gasteiger partial charge in [-0.25, -0.2) is 29.3 Å². The van der Waals surface area contributed by atoms with Crippen LogP contribution in [0, 0.1) is 5.82 Å². The molecule has 5 rings (SSSR count). The highest BCUT2D eigenvalue weighted by Gasteiger charge is 2.28. The van der Waals surface area contributed by atoms with Gasteiger partial charge in [0.1, 0.15) is 17.5 Å². The molecule has 154 valence electrons. The smallest absolute Gasteiger partial charge is 0.197 e. The minimum absolute atomic E-state index is 0.00957. The van der Waals surface area contributed by atoms with Gasteiger partial charge in [-0.15, -0.1) is 0 Å². The first-order valence-corrected chi connectivity index (χ1v) is 10.2. The molecule has 0 saturated carbocycles. The van der Waals surface area contributed by atoms with Crippen molar-refractivity contribution in [3.63, 3.8) is 0 Å². The molecule has 5 heterocycles. The van der Waals surface area contributed by atoms with Gasteiger partial charge in [-0.3, -0.25) is 0 Å². The Morgan fingerprint density at radius 2 is 1.73 bits per heavy atom. The molecule has 0 spiro atoms. The predicted molar refractivity (Wildman–Crippen MR) is 112 cm³/mol. The van der Waals surface area contributed by atoms with Crippen LogP contribution in [-0.4, -0.2) is 57.6 Å². The number of pyridine rings is 1. The second-order valence-electron chi connectivity index (χ2n) is 7.53. The number of nitrogens with one attached hydrogen (secondary N) is 1. The third-order valence-corrected chi connectivity index (χ3v) is 5.67. The minimum Gasteiger partial charge on any atom is -0.354 e. The summed E-state index contributed by atoms with van der Waals surface area (Å²) in [5, 5.41) is 3.32. The van der Waals surface area contributed by atoms with Crippen LogP contribution in [0.25, 0.3) is 11.6 Å². The van der Waals surface area contributed by atoms with Crippen LogP contribution in [0.1, 0.15) is 24.2 Å². The summed E-state index contributed by atoms with van der Waals surface area (Å²) in [5.74, 6) is 2.12. The van der Waals surface area contributed by atoms with Crippen molar-refractivity contribution in [2.75, 3.05) is 42.5 Å². The zero-order valence-electron chi connectivity index (χ0n) is 16.8. The number of halogens is 1. The molecule has 30 heavy (non-hydrogen) atoms. The van der Waals surface area contributed by atoms with E-state index in [2.05, 4.69) is 37.0 Å². The summed E-state index contributed by atoms with van der Waals surface area (Å²) in [4.78, 5) is 26.7. The van der Waals surface area contributed by atoms with Gasteiger partial charge >= 0.3 is 0 Å². The second kappa shape index (κ2) is 7.91. The molecule has 1 fully saturated rings. The van der Waals surface area contributed by atoms with E-state index in [4.69, 9.17) is 9.97 Å². The van der Waals surface area contributed by atoms with Gasteiger partial charge in [0.2, 0.25) is 0 Å². The molecule has 3 aromatic rings. The Hall–Kier alpha value is -3.20. The fraction of sp³-hybridized carbons (Fsp3) is 0.381. The lowest BCUT2D eigenvalue weighted by molar-refractivity contribution is 0.571. The highest BCUT2D eigenvalue weighted by molar-refractivity contribution is 5.53. The van der Waals surface area contributed by atoms with Gasteiger partial charge in [0, 0.05) is 75.4 Å². The molecule has 1 atom stereocenters. The molecule has 8 nitrogen and oxygen atoms in total. The maximum Gasteiger partial charge on any atom is 0.197 e. The standard InChI is InChI=1S/C21H23FN8/c1-14-16-13-26-21(20-24-4-2-5-25-20)27-17(16)3-8-30(14)19-12-15(22)11-18(28-19)29-9-6-23-7-10-29/h2,4-5,11-14,23H,3,6-10H2,1H3. The molecule has 2 aliphatic heterocycles. The zero-order valence-corrected chi connectivity index (χ0v) is 16.8. The van der Waals surface area contributed by atoms with E-state index in [0.717, 1.165) is 43.9 Å². The summed E-state index contributed by atoms with van der Waals surface area (Å²) < 4.78 is 14.5. The van der Waals surface area contributed by atoms with Crippen molar-refractivity contribution in [1.82, 2.24) is 30.2 Å². The molecule has 0 bridgehead atoms. The third-order valence-electron chi connectivity index (χ3n) is 5.67. The summed E-state index contributed by atoms with van der Waals surface area (Å²) in [6.07, 6.45) is 5.92. The molecule has 0 aliphatic carbocycles.